The maximum absolute atomic E-state index is 11.3. The first-order valence-electron chi connectivity index (χ1n) is 6.32. The van der Waals surface area contributed by atoms with Crippen LogP contribution in [0.2, 0.25) is 0 Å². The fourth-order valence-electron chi connectivity index (χ4n) is 2.38. The second-order valence-electron chi connectivity index (χ2n) is 4.74. The monoisotopic (exact) mass is 288 g/mol. The van der Waals surface area contributed by atoms with E-state index >= 15 is 0 Å². The minimum atomic E-state index is -0.431. The zero-order valence-corrected chi connectivity index (χ0v) is 11.9. The molecule has 1 atom stereocenters. The third-order valence-electron chi connectivity index (χ3n) is 3.36. The Hall–Kier alpha value is -1.04. The second kappa shape index (κ2) is 7.53. The fraction of sp³-hybridized carbons (Fsp3) is 0.615. The Bertz CT molecular complexity index is 408. The molecule has 0 aromatic carbocycles. The van der Waals surface area contributed by atoms with Gasteiger partial charge in [-0.05, 0) is 44.0 Å². The van der Waals surface area contributed by atoms with E-state index in [1.165, 1.54) is 20.0 Å². The molecule has 0 amide bonds. The van der Waals surface area contributed by atoms with Crippen molar-refractivity contribution < 1.29 is 13.9 Å². The number of carbonyl (C=O) groups is 1. The molecule has 5 nitrogen and oxygen atoms in total. The lowest BCUT2D eigenvalue weighted by atomic mass is 9.98. The van der Waals surface area contributed by atoms with E-state index in [0.717, 1.165) is 31.9 Å². The van der Waals surface area contributed by atoms with Crippen LogP contribution in [0.3, 0.4) is 0 Å². The first kappa shape index (κ1) is 16.0. The van der Waals surface area contributed by atoms with Gasteiger partial charge in [-0.3, -0.25) is 4.90 Å². The molecule has 0 radical (unpaired) electrons. The first-order valence-corrected chi connectivity index (χ1v) is 6.32. The van der Waals surface area contributed by atoms with Crippen LogP contribution >= 0.6 is 12.4 Å². The summed E-state index contributed by atoms with van der Waals surface area (Å²) in [5.74, 6) is 1.21. The smallest absolute Gasteiger partial charge is 0.373 e. The van der Waals surface area contributed by atoms with Crippen LogP contribution in [-0.2, 0) is 11.3 Å². The number of piperidine rings is 1. The molecule has 1 aliphatic rings. The first-order chi connectivity index (χ1) is 8.72. The molecule has 2 heterocycles. The number of nitrogens with two attached hydrogens (primary N) is 1. The third-order valence-corrected chi connectivity index (χ3v) is 3.36. The molecule has 0 aliphatic carbocycles. The van der Waals surface area contributed by atoms with E-state index < -0.39 is 5.97 Å². The van der Waals surface area contributed by atoms with Crippen molar-refractivity contribution in [1.29, 1.82) is 0 Å². The molecular formula is C13H21ClN2O3. The van der Waals surface area contributed by atoms with Gasteiger partial charge in [-0.25, -0.2) is 4.79 Å². The Balaban J connectivity index is 0.00000180. The van der Waals surface area contributed by atoms with Gasteiger partial charge in [0.15, 0.2) is 0 Å². The highest BCUT2D eigenvalue weighted by Crippen LogP contribution is 2.18. The topological polar surface area (TPSA) is 68.7 Å². The number of esters is 1. The molecule has 1 saturated heterocycles. The van der Waals surface area contributed by atoms with Gasteiger partial charge in [-0.15, -0.1) is 12.4 Å². The molecule has 1 aliphatic heterocycles. The van der Waals surface area contributed by atoms with Crippen molar-refractivity contribution in [3.63, 3.8) is 0 Å². The number of nitrogens with zero attached hydrogens (tertiary/aromatic N) is 1. The van der Waals surface area contributed by atoms with Crippen LogP contribution < -0.4 is 5.73 Å². The highest BCUT2D eigenvalue weighted by atomic mass is 35.5. The van der Waals surface area contributed by atoms with Gasteiger partial charge < -0.3 is 14.9 Å². The van der Waals surface area contributed by atoms with Gasteiger partial charge >= 0.3 is 5.97 Å². The van der Waals surface area contributed by atoms with E-state index in [-0.39, 0.29) is 18.2 Å². The molecule has 1 fully saturated rings. The maximum Gasteiger partial charge on any atom is 0.373 e. The summed E-state index contributed by atoms with van der Waals surface area (Å²) in [6.07, 6.45) is 2.38. The molecule has 6 heteroatoms. The number of hydrogen-bond donors (Lipinski definition) is 1. The average molecular weight is 289 g/mol. The number of rotatable bonds is 4. The van der Waals surface area contributed by atoms with Crippen molar-refractivity contribution in [3.8, 4) is 0 Å². The summed E-state index contributed by atoms with van der Waals surface area (Å²) in [6.45, 7) is 3.53. The third kappa shape index (κ3) is 4.23. The predicted octanol–water partition coefficient (Wildman–Crippen LogP) is 1.66. The molecule has 108 valence electrons. The Morgan fingerprint density at radius 2 is 2.37 bits per heavy atom. The summed E-state index contributed by atoms with van der Waals surface area (Å²) in [7, 11) is 1.35. The van der Waals surface area contributed by atoms with Crippen LogP contribution in [0.25, 0.3) is 0 Å². The fourth-order valence-corrected chi connectivity index (χ4v) is 2.38. The van der Waals surface area contributed by atoms with E-state index in [1.807, 2.05) is 6.07 Å². The lowest BCUT2D eigenvalue weighted by molar-refractivity contribution is 0.0560. The van der Waals surface area contributed by atoms with Crippen LogP contribution in [-0.4, -0.2) is 37.6 Å². The molecule has 19 heavy (non-hydrogen) atoms. The van der Waals surface area contributed by atoms with Gasteiger partial charge in [0.1, 0.15) is 5.76 Å². The average Bonchev–Trinajstić information content (AvgIpc) is 2.86. The van der Waals surface area contributed by atoms with Gasteiger partial charge in [0.2, 0.25) is 5.76 Å². The number of methoxy groups -OCH3 is 1. The summed E-state index contributed by atoms with van der Waals surface area (Å²) < 4.78 is 10.1. The number of hydrogen-bond acceptors (Lipinski definition) is 5. The Labute approximate surface area is 119 Å². The molecule has 2 N–H and O–H groups in total. The zero-order valence-electron chi connectivity index (χ0n) is 11.1. The summed E-state index contributed by atoms with van der Waals surface area (Å²) in [5.41, 5.74) is 5.71. The Morgan fingerprint density at radius 3 is 3.05 bits per heavy atom. The lowest BCUT2D eigenvalue weighted by Crippen LogP contribution is -2.37. The van der Waals surface area contributed by atoms with Gasteiger partial charge in [-0.2, -0.15) is 0 Å². The molecular weight excluding hydrogens is 268 g/mol. The standard InChI is InChI=1S/C13H20N2O3.ClH/c1-17-13(16)12-5-4-11(18-12)9-15-6-2-3-10(7-14)8-15;/h4-5,10H,2-3,6-9,14H2,1H3;1H. The van der Waals surface area contributed by atoms with Crippen molar-refractivity contribution in [3.05, 3.63) is 23.7 Å². The largest absolute Gasteiger partial charge is 0.463 e. The Kier molecular flexibility index (Phi) is 6.34. The van der Waals surface area contributed by atoms with Crippen LogP contribution in [0.5, 0.6) is 0 Å². The Morgan fingerprint density at radius 1 is 1.58 bits per heavy atom. The van der Waals surface area contributed by atoms with Gasteiger partial charge in [-0.1, -0.05) is 0 Å². The van der Waals surface area contributed by atoms with Crippen LogP contribution in [0.1, 0.15) is 29.2 Å². The number of furan rings is 1. The maximum atomic E-state index is 11.3. The summed E-state index contributed by atoms with van der Waals surface area (Å²) in [5, 5.41) is 0. The minimum absolute atomic E-state index is 0. The van der Waals surface area contributed by atoms with E-state index in [1.54, 1.807) is 6.07 Å². The van der Waals surface area contributed by atoms with E-state index in [4.69, 9.17) is 10.2 Å². The summed E-state index contributed by atoms with van der Waals surface area (Å²) in [6, 6.07) is 3.49. The molecule has 1 unspecified atom stereocenters. The molecule has 0 bridgehead atoms. The minimum Gasteiger partial charge on any atom is -0.463 e. The number of likely N-dealkylation sites (tertiary alicyclic amines) is 1. The van der Waals surface area contributed by atoms with Crippen LogP contribution in [0, 0.1) is 5.92 Å². The quantitative estimate of drug-likeness (QED) is 0.854. The lowest BCUT2D eigenvalue weighted by Gasteiger charge is -2.31. The van der Waals surface area contributed by atoms with Gasteiger partial charge in [0, 0.05) is 6.54 Å². The van der Waals surface area contributed by atoms with Gasteiger partial charge in [0.25, 0.3) is 0 Å². The molecule has 0 spiro atoms. The van der Waals surface area contributed by atoms with E-state index in [0.29, 0.717) is 5.92 Å². The SMILES string of the molecule is COC(=O)c1ccc(CN2CCCC(CN)C2)o1.Cl. The highest BCUT2D eigenvalue weighted by Gasteiger charge is 2.20. The van der Waals surface area contributed by atoms with Crippen molar-refractivity contribution in [1.82, 2.24) is 4.90 Å². The van der Waals surface area contributed by atoms with Crippen LogP contribution in [0.4, 0.5) is 0 Å². The normalized spacial score (nSPS) is 19.8. The highest BCUT2D eigenvalue weighted by molar-refractivity contribution is 5.86. The van der Waals surface area contributed by atoms with Gasteiger partial charge in [0.05, 0.1) is 13.7 Å². The van der Waals surface area contributed by atoms with Crippen molar-refractivity contribution in [2.24, 2.45) is 11.7 Å². The molecule has 0 saturated carbocycles. The van der Waals surface area contributed by atoms with E-state index in [9.17, 15) is 4.79 Å². The zero-order chi connectivity index (χ0) is 13.0. The number of ether oxygens (including phenoxy) is 1. The van der Waals surface area contributed by atoms with Crippen molar-refractivity contribution in [2.75, 3.05) is 26.7 Å². The second-order valence-corrected chi connectivity index (χ2v) is 4.74. The molecule has 1 aromatic rings. The molecule has 1 aromatic heterocycles. The number of halogens is 1. The predicted molar refractivity (Wildman–Crippen MR) is 74.4 cm³/mol. The summed E-state index contributed by atoms with van der Waals surface area (Å²) in [4.78, 5) is 13.6. The van der Waals surface area contributed by atoms with Crippen LogP contribution in [0.15, 0.2) is 16.5 Å². The summed E-state index contributed by atoms with van der Waals surface area (Å²) >= 11 is 0. The number of carbonyl (C=O) groups excluding carboxylic acids is 1. The van der Waals surface area contributed by atoms with E-state index in [2.05, 4.69) is 9.64 Å². The van der Waals surface area contributed by atoms with Crippen molar-refractivity contribution >= 4 is 18.4 Å². The molecule has 2 rings (SSSR count). The van der Waals surface area contributed by atoms with Crippen molar-refractivity contribution in [2.45, 2.75) is 19.4 Å².